The highest BCUT2D eigenvalue weighted by Crippen LogP contribution is 2.36. The molecule has 0 saturated heterocycles. The molecule has 2 nitrogen and oxygen atoms in total. The maximum Gasteiger partial charge on any atom is 0.142 e. The van der Waals surface area contributed by atoms with Crippen LogP contribution in [0, 0.1) is 18.7 Å². The third kappa shape index (κ3) is 2.87. The fraction of sp³-hybridized carbons (Fsp3) is 0.333. The molecule has 1 N–H and O–H groups in total. The predicted molar refractivity (Wildman–Crippen MR) is 83.5 cm³/mol. The highest BCUT2D eigenvalue weighted by molar-refractivity contribution is 5.66. The van der Waals surface area contributed by atoms with Gasteiger partial charge in [-0.1, -0.05) is 18.2 Å². The summed E-state index contributed by atoms with van der Waals surface area (Å²) in [6, 6.07) is 11.0. The Labute approximate surface area is 125 Å². The topological polar surface area (TPSA) is 21.3 Å². The lowest BCUT2D eigenvalue weighted by atomic mass is 9.86. The number of methoxy groups -OCH3 is 1. The summed E-state index contributed by atoms with van der Waals surface area (Å²) in [4.78, 5) is 0. The molecule has 1 unspecified atom stereocenters. The minimum Gasteiger partial charge on any atom is -0.495 e. The first-order valence-corrected chi connectivity index (χ1v) is 7.32. The van der Waals surface area contributed by atoms with Crippen molar-refractivity contribution in [2.45, 2.75) is 19.8 Å². The Morgan fingerprint density at radius 3 is 2.67 bits per heavy atom. The van der Waals surface area contributed by atoms with Gasteiger partial charge in [-0.25, -0.2) is 4.39 Å². The molecule has 0 aromatic heterocycles. The van der Waals surface area contributed by atoms with Crippen molar-refractivity contribution in [3.63, 3.8) is 0 Å². The number of ether oxygens (including phenoxy) is 1. The van der Waals surface area contributed by atoms with Crippen LogP contribution < -0.4 is 10.1 Å². The second-order valence-electron chi connectivity index (χ2n) is 5.72. The molecule has 2 aromatic rings. The van der Waals surface area contributed by atoms with Gasteiger partial charge in [0.1, 0.15) is 11.6 Å². The van der Waals surface area contributed by atoms with Gasteiger partial charge in [0.05, 0.1) is 12.8 Å². The van der Waals surface area contributed by atoms with Crippen molar-refractivity contribution in [3.8, 4) is 5.75 Å². The van der Waals surface area contributed by atoms with E-state index in [1.165, 1.54) is 28.8 Å². The molecular formula is C18H20FNO. The maximum absolute atomic E-state index is 13.0. The first-order chi connectivity index (χ1) is 10.2. The number of rotatable bonds is 3. The van der Waals surface area contributed by atoms with E-state index in [2.05, 4.69) is 18.3 Å². The van der Waals surface area contributed by atoms with E-state index in [1.807, 2.05) is 18.2 Å². The third-order valence-electron chi connectivity index (χ3n) is 4.23. The lowest BCUT2D eigenvalue weighted by Crippen LogP contribution is -2.26. The SMILES string of the molecule is COc1ccc(C)c2c1NCC(Cc1ccc(F)cc1)C2. The summed E-state index contributed by atoms with van der Waals surface area (Å²) in [7, 11) is 1.71. The van der Waals surface area contributed by atoms with E-state index in [0.717, 1.165) is 30.8 Å². The van der Waals surface area contributed by atoms with Crippen LogP contribution in [0.1, 0.15) is 16.7 Å². The number of halogens is 1. The van der Waals surface area contributed by atoms with Crippen molar-refractivity contribution in [2.75, 3.05) is 19.0 Å². The van der Waals surface area contributed by atoms with Gasteiger partial charge in [-0.2, -0.15) is 0 Å². The number of nitrogens with one attached hydrogen (secondary N) is 1. The van der Waals surface area contributed by atoms with Crippen LogP contribution in [0.2, 0.25) is 0 Å². The van der Waals surface area contributed by atoms with Crippen LogP contribution in [0.5, 0.6) is 5.75 Å². The van der Waals surface area contributed by atoms with Gasteiger partial charge in [0.15, 0.2) is 0 Å². The quantitative estimate of drug-likeness (QED) is 0.921. The summed E-state index contributed by atoms with van der Waals surface area (Å²) in [5, 5.41) is 3.51. The molecule has 21 heavy (non-hydrogen) atoms. The Hall–Kier alpha value is -2.03. The van der Waals surface area contributed by atoms with Crippen molar-refractivity contribution < 1.29 is 9.13 Å². The second-order valence-corrected chi connectivity index (χ2v) is 5.72. The second kappa shape index (κ2) is 5.76. The Kier molecular flexibility index (Phi) is 3.82. The van der Waals surface area contributed by atoms with Crippen molar-refractivity contribution >= 4 is 5.69 Å². The third-order valence-corrected chi connectivity index (χ3v) is 4.23. The summed E-state index contributed by atoms with van der Waals surface area (Å²) in [6.45, 7) is 3.06. The minimum atomic E-state index is -0.175. The van der Waals surface area contributed by atoms with Gasteiger partial charge in [-0.3, -0.25) is 0 Å². The molecule has 110 valence electrons. The smallest absolute Gasteiger partial charge is 0.142 e. The Bertz CT molecular complexity index is 636. The average molecular weight is 285 g/mol. The van der Waals surface area contributed by atoms with Crippen LogP contribution in [-0.2, 0) is 12.8 Å². The van der Waals surface area contributed by atoms with Gasteiger partial charge in [0.2, 0.25) is 0 Å². The lowest BCUT2D eigenvalue weighted by molar-refractivity contribution is 0.413. The van der Waals surface area contributed by atoms with Gasteiger partial charge >= 0.3 is 0 Å². The van der Waals surface area contributed by atoms with E-state index in [9.17, 15) is 4.39 Å². The Morgan fingerprint density at radius 1 is 1.19 bits per heavy atom. The first kappa shape index (κ1) is 13.9. The molecule has 2 aromatic carbocycles. The van der Waals surface area contributed by atoms with Gasteiger partial charge in [-0.05, 0) is 60.6 Å². The van der Waals surface area contributed by atoms with Crippen LogP contribution in [0.3, 0.4) is 0 Å². The molecule has 3 rings (SSSR count). The van der Waals surface area contributed by atoms with Crippen molar-refractivity contribution in [1.82, 2.24) is 0 Å². The fourth-order valence-electron chi connectivity index (χ4n) is 3.06. The number of hydrogen-bond donors (Lipinski definition) is 1. The average Bonchev–Trinajstić information content (AvgIpc) is 2.50. The minimum absolute atomic E-state index is 0.175. The lowest BCUT2D eigenvalue weighted by Gasteiger charge is -2.29. The largest absolute Gasteiger partial charge is 0.495 e. The van der Waals surface area contributed by atoms with E-state index in [1.54, 1.807) is 7.11 Å². The highest BCUT2D eigenvalue weighted by atomic mass is 19.1. The van der Waals surface area contributed by atoms with Crippen LogP contribution in [-0.4, -0.2) is 13.7 Å². The predicted octanol–water partition coefficient (Wildman–Crippen LogP) is 3.97. The first-order valence-electron chi connectivity index (χ1n) is 7.32. The zero-order valence-electron chi connectivity index (χ0n) is 12.4. The van der Waals surface area contributed by atoms with Crippen molar-refractivity contribution in [3.05, 3.63) is 58.9 Å². The van der Waals surface area contributed by atoms with Crippen LogP contribution in [0.25, 0.3) is 0 Å². The van der Waals surface area contributed by atoms with Crippen LogP contribution in [0.15, 0.2) is 36.4 Å². The molecule has 3 heteroatoms. The molecule has 0 fully saturated rings. The van der Waals surface area contributed by atoms with E-state index in [0.29, 0.717) is 5.92 Å². The molecule has 1 aliphatic heterocycles. The monoisotopic (exact) mass is 285 g/mol. The normalized spacial score (nSPS) is 17.0. The fourth-order valence-corrected chi connectivity index (χ4v) is 3.06. The van der Waals surface area contributed by atoms with Gasteiger partial charge in [-0.15, -0.1) is 0 Å². The standard InChI is InChI=1S/C18H20FNO/c1-12-3-8-17(21-2)18-16(12)10-14(11-20-18)9-13-4-6-15(19)7-5-13/h3-8,14,20H,9-11H2,1-2H3. The molecule has 0 saturated carbocycles. The number of benzene rings is 2. The van der Waals surface area contributed by atoms with Crippen molar-refractivity contribution in [2.24, 2.45) is 5.92 Å². The molecular weight excluding hydrogens is 265 g/mol. The molecule has 0 spiro atoms. The van der Waals surface area contributed by atoms with Crippen LogP contribution in [0.4, 0.5) is 10.1 Å². The number of hydrogen-bond acceptors (Lipinski definition) is 2. The number of aryl methyl sites for hydroxylation is 1. The van der Waals surface area contributed by atoms with E-state index < -0.39 is 0 Å². The van der Waals surface area contributed by atoms with E-state index in [4.69, 9.17) is 4.74 Å². The van der Waals surface area contributed by atoms with Crippen LogP contribution >= 0.6 is 0 Å². The Morgan fingerprint density at radius 2 is 1.95 bits per heavy atom. The summed E-state index contributed by atoms with van der Waals surface area (Å²) < 4.78 is 18.4. The molecule has 0 amide bonds. The van der Waals surface area contributed by atoms with Gasteiger partial charge < -0.3 is 10.1 Å². The summed E-state index contributed by atoms with van der Waals surface area (Å²) in [6.07, 6.45) is 1.99. The molecule has 0 radical (unpaired) electrons. The maximum atomic E-state index is 13.0. The number of fused-ring (bicyclic) bond motifs is 1. The molecule has 0 aliphatic carbocycles. The number of anilines is 1. The van der Waals surface area contributed by atoms with Crippen molar-refractivity contribution in [1.29, 1.82) is 0 Å². The molecule has 1 atom stereocenters. The highest BCUT2D eigenvalue weighted by Gasteiger charge is 2.22. The summed E-state index contributed by atoms with van der Waals surface area (Å²) >= 11 is 0. The summed E-state index contributed by atoms with van der Waals surface area (Å²) in [5.41, 5.74) is 4.95. The molecule has 1 heterocycles. The van der Waals surface area contributed by atoms with E-state index in [-0.39, 0.29) is 5.82 Å². The summed E-state index contributed by atoms with van der Waals surface area (Å²) in [5.74, 6) is 1.26. The molecule has 1 aliphatic rings. The Balaban J connectivity index is 1.79. The van der Waals surface area contributed by atoms with Gasteiger partial charge in [0.25, 0.3) is 0 Å². The van der Waals surface area contributed by atoms with E-state index >= 15 is 0 Å². The zero-order chi connectivity index (χ0) is 14.8. The van der Waals surface area contributed by atoms with Gasteiger partial charge in [0, 0.05) is 6.54 Å². The molecule has 0 bridgehead atoms. The zero-order valence-corrected chi connectivity index (χ0v) is 12.4.